The van der Waals surface area contributed by atoms with Crippen molar-refractivity contribution in [3.63, 3.8) is 0 Å². The van der Waals surface area contributed by atoms with Gasteiger partial charge in [0.1, 0.15) is 16.9 Å². The Morgan fingerprint density at radius 1 is 0.875 bits per heavy atom. The van der Waals surface area contributed by atoms with E-state index in [-0.39, 0.29) is 5.92 Å². The van der Waals surface area contributed by atoms with Crippen LogP contribution >= 0.6 is 0 Å². The summed E-state index contributed by atoms with van der Waals surface area (Å²) in [6.07, 6.45) is 2.07. The van der Waals surface area contributed by atoms with E-state index in [0.29, 0.717) is 17.9 Å². The number of hydrogen-bond acceptors (Lipinski definition) is 4. The highest BCUT2D eigenvalue weighted by Gasteiger charge is 2.64. The molecule has 1 atom stereocenters. The summed E-state index contributed by atoms with van der Waals surface area (Å²) in [5.74, 6) is -0.304. The van der Waals surface area contributed by atoms with E-state index in [4.69, 9.17) is 16.2 Å². The van der Waals surface area contributed by atoms with E-state index in [0.717, 1.165) is 27.6 Å². The smallest absolute Gasteiger partial charge is 0.233 e. The first-order valence-corrected chi connectivity index (χ1v) is 10.3. The van der Waals surface area contributed by atoms with Crippen LogP contribution in [0.2, 0.25) is 0 Å². The molecule has 4 aromatic rings. The average Bonchev–Trinajstić information content (AvgIpc) is 3.58. The molecule has 2 amide bonds. The van der Waals surface area contributed by atoms with Gasteiger partial charge in [-0.3, -0.25) is 14.6 Å². The molecule has 3 aromatic carbocycles. The monoisotopic (exact) mass is 423 g/mol. The van der Waals surface area contributed by atoms with Crippen molar-refractivity contribution in [2.75, 3.05) is 0 Å². The van der Waals surface area contributed by atoms with Gasteiger partial charge < -0.3 is 16.2 Å². The minimum atomic E-state index is -1.28. The molecule has 1 aromatic heterocycles. The van der Waals surface area contributed by atoms with Crippen molar-refractivity contribution in [1.82, 2.24) is 4.98 Å². The van der Waals surface area contributed by atoms with Gasteiger partial charge in [-0.1, -0.05) is 48.5 Å². The number of pyridine rings is 1. The molecule has 6 nitrogen and oxygen atoms in total. The second-order valence-corrected chi connectivity index (χ2v) is 8.03. The van der Waals surface area contributed by atoms with Gasteiger partial charge in [-0.15, -0.1) is 0 Å². The Morgan fingerprint density at radius 3 is 2.25 bits per heavy atom. The van der Waals surface area contributed by atoms with Crippen LogP contribution in [-0.4, -0.2) is 16.8 Å². The molecule has 4 N–H and O–H groups in total. The number of carbonyl (C=O) groups is 2. The summed E-state index contributed by atoms with van der Waals surface area (Å²) in [6, 6.07) is 25.4. The topological polar surface area (TPSA) is 108 Å². The van der Waals surface area contributed by atoms with Crippen molar-refractivity contribution in [2.24, 2.45) is 16.9 Å². The van der Waals surface area contributed by atoms with Gasteiger partial charge in [0.25, 0.3) is 0 Å². The van der Waals surface area contributed by atoms with Crippen LogP contribution in [-0.2, 0) is 9.59 Å². The molecule has 0 saturated heterocycles. The van der Waals surface area contributed by atoms with Gasteiger partial charge in [0.2, 0.25) is 11.8 Å². The third kappa shape index (κ3) is 3.26. The summed E-state index contributed by atoms with van der Waals surface area (Å²) in [7, 11) is 0. The van der Waals surface area contributed by atoms with Crippen LogP contribution in [0.15, 0.2) is 85.1 Å². The Balaban J connectivity index is 1.39. The Morgan fingerprint density at radius 2 is 1.59 bits per heavy atom. The van der Waals surface area contributed by atoms with Gasteiger partial charge in [0.15, 0.2) is 0 Å². The molecule has 0 spiro atoms. The van der Waals surface area contributed by atoms with Crippen LogP contribution < -0.4 is 16.2 Å². The van der Waals surface area contributed by atoms with Crippen LogP contribution in [0.4, 0.5) is 0 Å². The van der Waals surface area contributed by atoms with Crippen molar-refractivity contribution in [3.05, 3.63) is 90.6 Å². The Labute approximate surface area is 184 Å². The summed E-state index contributed by atoms with van der Waals surface area (Å²) >= 11 is 0. The molecule has 1 aliphatic rings. The molecule has 0 radical (unpaired) electrons. The maximum Gasteiger partial charge on any atom is 0.233 e. The van der Waals surface area contributed by atoms with Crippen LogP contribution in [0, 0.1) is 5.41 Å². The molecule has 5 rings (SSSR count). The first kappa shape index (κ1) is 19.8. The third-order valence-electron chi connectivity index (χ3n) is 6.16. The number of aromatic nitrogens is 1. The van der Waals surface area contributed by atoms with Crippen LogP contribution in [0.5, 0.6) is 11.5 Å². The van der Waals surface area contributed by atoms with E-state index in [1.165, 1.54) is 0 Å². The standard InChI is InChI=1S/C26H21N3O3/c27-24(30)26(25(28)31)15-21(26)17-6-9-19(10-7-17)32-23-12-13-29-22-14-18(8-11-20(22)23)16-4-2-1-3-5-16/h1-14,21H,15H2,(H2,27,30)(H2,28,31). The number of nitrogens with two attached hydrogens (primary N) is 2. The lowest BCUT2D eigenvalue weighted by Crippen LogP contribution is -2.38. The number of ether oxygens (including phenoxy) is 1. The molecule has 1 aliphatic carbocycles. The Kier molecular flexibility index (Phi) is 4.63. The molecule has 6 heteroatoms. The van der Waals surface area contributed by atoms with Gasteiger partial charge in [-0.2, -0.15) is 0 Å². The van der Waals surface area contributed by atoms with Crippen molar-refractivity contribution in [3.8, 4) is 22.6 Å². The van der Waals surface area contributed by atoms with Crippen molar-refractivity contribution in [2.45, 2.75) is 12.3 Å². The molecule has 158 valence electrons. The van der Waals surface area contributed by atoms with Gasteiger partial charge in [0, 0.05) is 17.5 Å². The van der Waals surface area contributed by atoms with E-state index < -0.39 is 17.2 Å². The lowest BCUT2D eigenvalue weighted by Gasteiger charge is -2.12. The summed E-state index contributed by atoms with van der Waals surface area (Å²) in [5, 5.41) is 0.903. The van der Waals surface area contributed by atoms with Crippen molar-refractivity contribution >= 4 is 22.7 Å². The molecular formula is C26H21N3O3. The molecule has 1 heterocycles. The van der Waals surface area contributed by atoms with Crippen LogP contribution in [0.1, 0.15) is 17.9 Å². The van der Waals surface area contributed by atoms with Gasteiger partial charge in [-0.05, 0) is 53.4 Å². The lowest BCUT2D eigenvalue weighted by molar-refractivity contribution is -0.133. The minimum absolute atomic E-state index is 0.287. The molecule has 0 aliphatic heterocycles. The molecule has 1 saturated carbocycles. The zero-order chi connectivity index (χ0) is 22.3. The molecular weight excluding hydrogens is 402 g/mol. The molecule has 1 unspecified atom stereocenters. The average molecular weight is 423 g/mol. The minimum Gasteiger partial charge on any atom is -0.457 e. The van der Waals surface area contributed by atoms with Crippen LogP contribution in [0.25, 0.3) is 22.0 Å². The Hall–Kier alpha value is -4.19. The van der Waals surface area contributed by atoms with Crippen LogP contribution in [0.3, 0.4) is 0 Å². The third-order valence-corrected chi connectivity index (χ3v) is 6.16. The summed E-state index contributed by atoms with van der Waals surface area (Å²) in [4.78, 5) is 28.0. The van der Waals surface area contributed by atoms with Crippen molar-refractivity contribution in [1.29, 1.82) is 0 Å². The quantitative estimate of drug-likeness (QED) is 0.454. The normalized spacial score (nSPS) is 16.4. The molecule has 0 bridgehead atoms. The number of nitrogens with zero attached hydrogens (tertiary/aromatic N) is 1. The van der Waals surface area contributed by atoms with Gasteiger partial charge in [0.05, 0.1) is 5.52 Å². The number of amides is 2. The number of hydrogen-bond donors (Lipinski definition) is 2. The van der Waals surface area contributed by atoms with E-state index in [1.54, 1.807) is 6.20 Å². The number of benzene rings is 3. The van der Waals surface area contributed by atoms with Gasteiger partial charge >= 0.3 is 0 Å². The number of rotatable bonds is 6. The van der Waals surface area contributed by atoms with Crippen molar-refractivity contribution < 1.29 is 14.3 Å². The second kappa shape index (κ2) is 7.50. The maximum atomic E-state index is 11.7. The first-order chi connectivity index (χ1) is 15.5. The summed E-state index contributed by atoms with van der Waals surface area (Å²) < 4.78 is 6.12. The SMILES string of the molecule is NC(=O)C1(C(N)=O)CC1c1ccc(Oc2ccnc3cc(-c4ccccc4)ccc23)cc1. The fourth-order valence-corrected chi connectivity index (χ4v) is 4.25. The summed E-state index contributed by atoms with van der Waals surface area (Å²) in [6.45, 7) is 0. The highest BCUT2D eigenvalue weighted by molar-refractivity contribution is 6.08. The van der Waals surface area contributed by atoms with Gasteiger partial charge in [-0.25, -0.2) is 0 Å². The number of carbonyl (C=O) groups excluding carboxylic acids is 2. The zero-order valence-corrected chi connectivity index (χ0v) is 17.2. The fourth-order valence-electron chi connectivity index (χ4n) is 4.25. The zero-order valence-electron chi connectivity index (χ0n) is 17.2. The second-order valence-electron chi connectivity index (χ2n) is 8.03. The maximum absolute atomic E-state index is 11.7. The molecule has 1 fully saturated rings. The van der Waals surface area contributed by atoms with E-state index >= 15 is 0 Å². The van der Waals surface area contributed by atoms with E-state index in [9.17, 15) is 9.59 Å². The summed E-state index contributed by atoms with van der Waals surface area (Å²) in [5.41, 5.74) is 13.5. The lowest BCUT2D eigenvalue weighted by atomic mass is 9.97. The highest BCUT2D eigenvalue weighted by atomic mass is 16.5. The Bertz CT molecular complexity index is 1320. The highest BCUT2D eigenvalue weighted by Crippen LogP contribution is 2.59. The number of primary amides is 2. The van der Waals surface area contributed by atoms with E-state index in [2.05, 4.69) is 23.2 Å². The first-order valence-electron chi connectivity index (χ1n) is 10.3. The molecule has 32 heavy (non-hydrogen) atoms. The number of fused-ring (bicyclic) bond motifs is 1. The fraction of sp³-hybridized carbons (Fsp3) is 0.115. The predicted octanol–water partition coefficient (Wildman–Crippen LogP) is 4.14. The predicted molar refractivity (Wildman–Crippen MR) is 122 cm³/mol. The van der Waals surface area contributed by atoms with E-state index in [1.807, 2.05) is 60.7 Å². The largest absolute Gasteiger partial charge is 0.457 e.